The second kappa shape index (κ2) is 6.40. The first-order chi connectivity index (χ1) is 12.6. The van der Waals surface area contributed by atoms with Crippen LogP contribution in [0.15, 0.2) is 60.8 Å². The summed E-state index contributed by atoms with van der Waals surface area (Å²) < 4.78 is 1.65. The van der Waals surface area contributed by atoms with Crippen molar-refractivity contribution in [1.82, 2.24) is 19.8 Å². The van der Waals surface area contributed by atoms with E-state index in [9.17, 15) is 4.79 Å². The molecule has 26 heavy (non-hydrogen) atoms. The first kappa shape index (κ1) is 16.0. The summed E-state index contributed by atoms with van der Waals surface area (Å²) in [6.07, 6.45) is 1.75. The lowest BCUT2D eigenvalue weighted by molar-refractivity contribution is 0.102. The molecule has 2 heterocycles. The summed E-state index contributed by atoms with van der Waals surface area (Å²) in [5.74, 6) is -0.303. The van der Waals surface area contributed by atoms with Crippen molar-refractivity contribution in [3.63, 3.8) is 0 Å². The SMILES string of the molecule is Cc1ccccc1NC(=O)c1nnc2c(-c3ccccc3)cnn2c1C. The van der Waals surface area contributed by atoms with Crippen LogP contribution in [-0.4, -0.2) is 25.7 Å². The first-order valence-electron chi connectivity index (χ1n) is 8.28. The predicted octanol–water partition coefficient (Wildman–Crippen LogP) is 3.66. The van der Waals surface area contributed by atoms with Gasteiger partial charge in [0, 0.05) is 11.3 Å². The van der Waals surface area contributed by atoms with Gasteiger partial charge in [0.25, 0.3) is 5.91 Å². The number of nitrogens with zero attached hydrogens (tertiary/aromatic N) is 4. The van der Waals surface area contributed by atoms with Gasteiger partial charge in [0.2, 0.25) is 0 Å². The highest BCUT2D eigenvalue weighted by molar-refractivity contribution is 6.04. The lowest BCUT2D eigenvalue weighted by Crippen LogP contribution is -2.19. The fourth-order valence-electron chi connectivity index (χ4n) is 2.88. The van der Waals surface area contributed by atoms with Crippen LogP contribution in [0.5, 0.6) is 0 Å². The maximum atomic E-state index is 12.7. The number of rotatable bonds is 3. The summed E-state index contributed by atoms with van der Waals surface area (Å²) >= 11 is 0. The molecular weight excluding hydrogens is 326 g/mol. The summed E-state index contributed by atoms with van der Waals surface area (Å²) in [4.78, 5) is 12.7. The van der Waals surface area contributed by atoms with Gasteiger partial charge in [0.1, 0.15) is 0 Å². The minimum Gasteiger partial charge on any atom is -0.320 e. The fraction of sp³-hybridized carbons (Fsp3) is 0.100. The van der Waals surface area contributed by atoms with E-state index in [0.29, 0.717) is 11.3 Å². The van der Waals surface area contributed by atoms with E-state index in [0.717, 1.165) is 22.4 Å². The minimum absolute atomic E-state index is 0.253. The average Bonchev–Trinajstić information content (AvgIpc) is 3.09. The molecule has 0 radical (unpaired) electrons. The number of hydrogen-bond acceptors (Lipinski definition) is 4. The highest BCUT2D eigenvalue weighted by Crippen LogP contribution is 2.24. The Labute approximate surface area is 150 Å². The molecule has 2 aromatic carbocycles. The largest absolute Gasteiger partial charge is 0.320 e. The molecule has 0 spiro atoms. The van der Waals surface area contributed by atoms with Crippen LogP contribution in [0, 0.1) is 13.8 Å². The number of carbonyl (C=O) groups is 1. The fourth-order valence-corrected chi connectivity index (χ4v) is 2.88. The van der Waals surface area contributed by atoms with Crippen LogP contribution in [0.3, 0.4) is 0 Å². The van der Waals surface area contributed by atoms with E-state index in [-0.39, 0.29) is 11.6 Å². The Hall–Kier alpha value is -3.54. The van der Waals surface area contributed by atoms with Crippen LogP contribution in [0.25, 0.3) is 16.8 Å². The number of amides is 1. The molecule has 0 saturated carbocycles. The number of anilines is 1. The van der Waals surface area contributed by atoms with Gasteiger partial charge in [-0.2, -0.15) is 5.10 Å². The lowest BCUT2D eigenvalue weighted by Gasteiger charge is -2.09. The third-order valence-corrected chi connectivity index (χ3v) is 4.34. The molecule has 128 valence electrons. The van der Waals surface area contributed by atoms with Crippen molar-refractivity contribution >= 4 is 17.2 Å². The maximum Gasteiger partial charge on any atom is 0.278 e. The molecule has 0 aliphatic heterocycles. The Morgan fingerprint density at radius 2 is 1.69 bits per heavy atom. The number of fused-ring (bicyclic) bond motifs is 1. The highest BCUT2D eigenvalue weighted by Gasteiger charge is 2.18. The maximum absolute atomic E-state index is 12.7. The second-order valence-electron chi connectivity index (χ2n) is 6.06. The Balaban J connectivity index is 1.73. The quantitative estimate of drug-likeness (QED) is 0.616. The van der Waals surface area contributed by atoms with Crippen LogP contribution in [0.4, 0.5) is 5.69 Å². The molecule has 0 saturated heterocycles. The molecule has 1 amide bonds. The van der Waals surface area contributed by atoms with Gasteiger partial charge in [-0.3, -0.25) is 4.79 Å². The number of nitrogens with one attached hydrogen (secondary N) is 1. The van der Waals surface area contributed by atoms with E-state index < -0.39 is 0 Å². The molecule has 0 unspecified atom stereocenters. The molecule has 2 aromatic heterocycles. The molecule has 0 aliphatic rings. The molecule has 1 N–H and O–H groups in total. The molecule has 0 fully saturated rings. The minimum atomic E-state index is -0.303. The molecule has 0 bridgehead atoms. The van der Waals surface area contributed by atoms with Crippen LogP contribution in [0.1, 0.15) is 21.7 Å². The van der Waals surface area contributed by atoms with Gasteiger partial charge < -0.3 is 5.32 Å². The normalized spacial score (nSPS) is 10.8. The van der Waals surface area contributed by atoms with E-state index in [1.807, 2.05) is 68.4 Å². The zero-order valence-electron chi connectivity index (χ0n) is 14.5. The van der Waals surface area contributed by atoms with Crippen molar-refractivity contribution < 1.29 is 4.79 Å². The Morgan fingerprint density at radius 1 is 0.962 bits per heavy atom. The predicted molar refractivity (Wildman–Crippen MR) is 100 cm³/mol. The Morgan fingerprint density at radius 3 is 2.46 bits per heavy atom. The standard InChI is InChI=1S/C20H17N5O/c1-13-8-6-7-11-17(13)22-20(26)18-14(2)25-19(24-23-18)16(12-21-25)15-9-4-3-5-10-15/h3-12H,1-2H3,(H,22,26). The van der Waals surface area contributed by atoms with Gasteiger partial charge in [0.05, 0.1) is 11.9 Å². The molecule has 4 rings (SSSR count). The van der Waals surface area contributed by atoms with Crippen molar-refractivity contribution in [2.24, 2.45) is 0 Å². The van der Waals surface area contributed by atoms with Gasteiger partial charge in [0.15, 0.2) is 11.3 Å². The van der Waals surface area contributed by atoms with Crippen LogP contribution < -0.4 is 5.32 Å². The molecule has 6 heteroatoms. The molecule has 6 nitrogen and oxygen atoms in total. The number of aromatic nitrogens is 4. The number of para-hydroxylation sites is 1. The summed E-state index contributed by atoms with van der Waals surface area (Å²) in [5.41, 5.74) is 5.15. The molecule has 0 aliphatic carbocycles. The van der Waals surface area contributed by atoms with E-state index in [4.69, 9.17) is 0 Å². The number of benzene rings is 2. The zero-order valence-corrected chi connectivity index (χ0v) is 14.5. The van der Waals surface area contributed by atoms with Crippen LogP contribution in [0.2, 0.25) is 0 Å². The Kier molecular flexibility index (Phi) is 3.93. The van der Waals surface area contributed by atoms with E-state index >= 15 is 0 Å². The van der Waals surface area contributed by atoms with Crippen molar-refractivity contribution in [2.75, 3.05) is 5.32 Å². The number of hydrogen-bond donors (Lipinski definition) is 1. The van der Waals surface area contributed by atoms with Gasteiger partial charge in [-0.15, -0.1) is 10.2 Å². The van der Waals surface area contributed by atoms with Crippen molar-refractivity contribution in [3.05, 3.63) is 77.7 Å². The van der Waals surface area contributed by atoms with Crippen LogP contribution >= 0.6 is 0 Å². The van der Waals surface area contributed by atoms with E-state index in [2.05, 4.69) is 20.6 Å². The number of carbonyl (C=O) groups excluding carboxylic acids is 1. The van der Waals surface area contributed by atoms with Gasteiger partial charge in [-0.05, 0) is 31.0 Å². The average molecular weight is 343 g/mol. The lowest BCUT2D eigenvalue weighted by atomic mass is 10.1. The van der Waals surface area contributed by atoms with E-state index in [1.165, 1.54) is 0 Å². The third-order valence-electron chi connectivity index (χ3n) is 4.34. The first-order valence-corrected chi connectivity index (χ1v) is 8.28. The number of aryl methyl sites for hydroxylation is 2. The third kappa shape index (κ3) is 2.71. The van der Waals surface area contributed by atoms with Crippen LogP contribution in [-0.2, 0) is 0 Å². The molecule has 4 aromatic rings. The van der Waals surface area contributed by atoms with Gasteiger partial charge in [-0.1, -0.05) is 48.5 Å². The highest BCUT2D eigenvalue weighted by atomic mass is 16.2. The van der Waals surface area contributed by atoms with Crippen molar-refractivity contribution in [3.8, 4) is 11.1 Å². The smallest absolute Gasteiger partial charge is 0.278 e. The summed E-state index contributed by atoms with van der Waals surface area (Å²) in [7, 11) is 0. The van der Waals surface area contributed by atoms with Gasteiger partial charge in [-0.25, -0.2) is 4.52 Å². The van der Waals surface area contributed by atoms with Crippen molar-refractivity contribution in [2.45, 2.75) is 13.8 Å². The Bertz CT molecular complexity index is 1100. The topological polar surface area (TPSA) is 72.2 Å². The van der Waals surface area contributed by atoms with Crippen molar-refractivity contribution in [1.29, 1.82) is 0 Å². The van der Waals surface area contributed by atoms with Gasteiger partial charge >= 0.3 is 0 Å². The monoisotopic (exact) mass is 343 g/mol. The second-order valence-corrected chi connectivity index (χ2v) is 6.06. The summed E-state index contributed by atoms with van der Waals surface area (Å²) in [6.45, 7) is 3.76. The summed E-state index contributed by atoms with van der Waals surface area (Å²) in [5, 5.41) is 15.7. The summed E-state index contributed by atoms with van der Waals surface area (Å²) in [6, 6.07) is 17.5. The molecular formula is C20H17N5O. The van der Waals surface area contributed by atoms with E-state index in [1.54, 1.807) is 10.7 Å². The molecule has 0 atom stereocenters. The zero-order chi connectivity index (χ0) is 18.1.